The summed E-state index contributed by atoms with van der Waals surface area (Å²) in [5.41, 5.74) is 1.01. The molecule has 2 amide bonds. The number of carbonyl (C=O) groups excluding carboxylic acids is 1. The van der Waals surface area contributed by atoms with E-state index in [0.717, 1.165) is 5.56 Å². The second-order valence-corrected chi connectivity index (χ2v) is 5.38. The Morgan fingerprint density at radius 1 is 1.04 bits per heavy atom. The summed E-state index contributed by atoms with van der Waals surface area (Å²) in [5, 5.41) is 5.11. The molecule has 0 saturated carbocycles. The van der Waals surface area contributed by atoms with Gasteiger partial charge in [-0.25, -0.2) is 4.79 Å². The summed E-state index contributed by atoms with van der Waals surface area (Å²) in [6.07, 6.45) is -4.79. The van der Waals surface area contributed by atoms with Gasteiger partial charge in [-0.1, -0.05) is 24.3 Å². The van der Waals surface area contributed by atoms with Crippen molar-refractivity contribution in [3.8, 4) is 17.2 Å². The number of rotatable bonds is 5. The summed E-state index contributed by atoms with van der Waals surface area (Å²) < 4.78 is 51.5. The van der Waals surface area contributed by atoms with Crippen molar-refractivity contribution in [2.24, 2.45) is 0 Å². The van der Waals surface area contributed by atoms with Crippen molar-refractivity contribution in [2.45, 2.75) is 19.5 Å². The molecule has 0 aromatic heterocycles. The summed E-state index contributed by atoms with van der Waals surface area (Å²) >= 11 is 0. The molecule has 1 aliphatic rings. The maximum Gasteiger partial charge on any atom is 0.573 e. The summed E-state index contributed by atoms with van der Waals surface area (Å²) in [5.74, 6) is 0.887. The lowest BCUT2D eigenvalue weighted by molar-refractivity contribution is -0.274. The number of halogens is 3. The van der Waals surface area contributed by atoms with E-state index in [4.69, 9.17) is 9.47 Å². The first-order chi connectivity index (χ1) is 12.4. The normalized spacial score (nSPS) is 12.6. The van der Waals surface area contributed by atoms with E-state index in [-0.39, 0.29) is 31.2 Å². The van der Waals surface area contributed by atoms with Gasteiger partial charge in [-0.05, 0) is 23.8 Å². The third kappa shape index (κ3) is 4.71. The quantitative estimate of drug-likeness (QED) is 0.850. The van der Waals surface area contributed by atoms with Crippen LogP contribution in [0, 0.1) is 0 Å². The molecule has 0 bridgehead atoms. The molecule has 0 spiro atoms. The second-order valence-electron chi connectivity index (χ2n) is 5.38. The lowest BCUT2D eigenvalue weighted by atomic mass is 10.2. The minimum absolute atomic E-state index is 0.112. The average molecular weight is 368 g/mol. The molecule has 138 valence electrons. The van der Waals surface area contributed by atoms with Crippen molar-refractivity contribution in [2.75, 3.05) is 6.79 Å². The van der Waals surface area contributed by atoms with Crippen molar-refractivity contribution in [3.05, 3.63) is 53.6 Å². The molecular weight excluding hydrogens is 353 g/mol. The van der Waals surface area contributed by atoms with Gasteiger partial charge in [0.2, 0.25) is 6.79 Å². The summed E-state index contributed by atoms with van der Waals surface area (Å²) in [6.45, 7) is 0.272. The van der Waals surface area contributed by atoms with Crippen LogP contribution in [0.3, 0.4) is 0 Å². The van der Waals surface area contributed by atoms with Crippen LogP contribution in [0.2, 0.25) is 0 Å². The lowest BCUT2D eigenvalue weighted by Gasteiger charge is -2.14. The molecule has 0 atom stereocenters. The standard InChI is InChI=1S/C17H15F3N2O4/c18-17(19,20)26-13-4-2-1-3-12(13)9-22-16(23)21-8-11-5-6-14-15(7-11)25-10-24-14/h1-7H,8-10H2,(H2,21,22,23). The Bertz CT molecular complexity index is 796. The fourth-order valence-corrected chi connectivity index (χ4v) is 2.35. The van der Waals surface area contributed by atoms with Crippen LogP contribution < -0.4 is 24.8 Å². The van der Waals surface area contributed by atoms with Gasteiger partial charge < -0.3 is 24.8 Å². The van der Waals surface area contributed by atoms with Crippen LogP contribution in [0.25, 0.3) is 0 Å². The molecular formula is C17H15F3N2O4. The van der Waals surface area contributed by atoms with Crippen LogP contribution in [-0.4, -0.2) is 19.2 Å². The SMILES string of the molecule is O=C(NCc1ccc2c(c1)OCO2)NCc1ccccc1OC(F)(F)F. The molecule has 9 heteroatoms. The minimum atomic E-state index is -4.79. The number of hydrogen-bond acceptors (Lipinski definition) is 4. The predicted octanol–water partition coefficient (Wildman–Crippen LogP) is 3.31. The number of nitrogens with one attached hydrogen (secondary N) is 2. The van der Waals surface area contributed by atoms with Gasteiger partial charge in [0.05, 0.1) is 0 Å². The maximum absolute atomic E-state index is 12.4. The van der Waals surface area contributed by atoms with E-state index < -0.39 is 12.4 Å². The molecule has 6 nitrogen and oxygen atoms in total. The molecule has 0 radical (unpaired) electrons. The van der Waals surface area contributed by atoms with E-state index in [2.05, 4.69) is 15.4 Å². The van der Waals surface area contributed by atoms with Gasteiger partial charge in [-0.15, -0.1) is 13.2 Å². The van der Waals surface area contributed by atoms with Crippen LogP contribution in [0.4, 0.5) is 18.0 Å². The molecule has 0 unspecified atom stereocenters. The van der Waals surface area contributed by atoms with Crippen molar-refractivity contribution in [1.29, 1.82) is 0 Å². The van der Waals surface area contributed by atoms with Crippen LogP contribution in [0.5, 0.6) is 17.2 Å². The van der Waals surface area contributed by atoms with Gasteiger partial charge in [0.15, 0.2) is 11.5 Å². The number of carbonyl (C=O) groups is 1. The Morgan fingerprint density at radius 2 is 1.77 bits per heavy atom. The van der Waals surface area contributed by atoms with E-state index in [9.17, 15) is 18.0 Å². The van der Waals surface area contributed by atoms with E-state index in [1.807, 2.05) is 0 Å². The fourth-order valence-electron chi connectivity index (χ4n) is 2.35. The van der Waals surface area contributed by atoms with Gasteiger partial charge >= 0.3 is 12.4 Å². The smallest absolute Gasteiger partial charge is 0.454 e. The largest absolute Gasteiger partial charge is 0.573 e. The number of hydrogen-bond donors (Lipinski definition) is 2. The van der Waals surface area contributed by atoms with Gasteiger partial charge in [0, 0.05) is 18.7 Å². The zero-order valence-corrected chi connectivity index (χ0v) is 13.4. The van der Waals surface area contributed by atoms with E-state index in [1.165, 1.54) is 18.2 Å². The maximum atomic E-state index is 12.4. The molecule has 26 heavy (non-hydrogen) atoms. The number of urea groups is 1. The highest BCUT2D eigenvalue weighted by atomic mass is 19.4. The monoisotopic (exact) mass is 368 g/mol. The average Bonchev–Trinajstić information content (AvgIpc) is 3.05. The van der Waals surface area contributed by atoms with Crippen molar-refractivity contribution in [3.63, 3.8) is 0 Å². The number of amides is 2. The summed E-state index contributed by atoms with van der Waals surface area (Å²) in [6, 6.07) is 10.4. The summed E-state index contributed by atoms with van der Waals surface area (Å²) in [4.78, 5) is 11.9. The number of benzene rings is 2. The van der Waals surface area contributed by atoms with Crippen molar-refractivity contribution in [1.82, 2.24) is 10.6 Å². The second kappa shape index (κ2) is 7.42. The molecule has 0 fully saturated rings. The molecule has 2 aromatic rings. The Labute approximate surface area is 146 Å². The molecule has 2 N–H and O–H groups in total. The van der Waals surface area contributed by atoms with Crippen LogP contribution in [0.1, 0.15) is 11.1 Å². The molecule has 2 aromatic carbocycles. The van der Waals surface area contributed by atoms with Crippen LogP contribution >= 0.6 is 0 Å². The third-order valence-corrected chi connectivity index (χ3v) is 3.53. The highest BCUT2D eigenvalue weighted by Crippen LogP contribution is 2.32. The third-order valence-electron chi connectivity index (χ3n) is 3.53. The minimum Gasteiger partial charge on any atom is -0.454 e. The van der Waals surface area contributed by atoms with Gasteiger partial charge in [0.25, 0.3) is 0 Å². The number of alkyl halides is 3. The summed E-state index contributed by atoms with van der Waals surface area (Å²) in [7, 11) is 0. The topological polar surface area (TPSA) is 68.8 Å². The van der Waals surface area contributed by atoms with Gasteiger partial charge in [-0.2, -0.15) is 0 Å². The number of ether oxygens (including phenoxy) is 3. The van der Waals surface area contributed by atoms with Gasteiger partial charge in [-0.3, -0.25) is 0 Å². The Morgan fingerprint density at radius 3 is 2.58 bits per heavy atom. The molecule has 0 aliphatic carbocycles. The first kappa shape index (κ1) is 17.7. The predicted molar refractivity (Wildman–Crippen MR) is 84.8 cm³/mol. The molecule has 0 saturated heterocycles. The molecule has 1 heterocycles. The van der Waals surface area contributed by atoms with Crippen LogP contribution in [-0.2, 0) is 13.1 Å². The van der Waals surface area contributed by atoms with E-state index in [1.54, 1.807) is 24.3 Å². The first-order valence-corrected chi connectivity index (χ1v) is 7.64. The highest BCUT2D eigenvalue weighted by Gasteiger charge is 2.31. The fraction of sp³-hybridized carbons (Fsp3) is 0.235. The lowest BCUT2D eigenvalue weighted by Crippen LogP contribution is -2.34. The zero-order valence-electron chi connectivity index (χ0n) is 13.4. The first-order valence-electron chi connectivity index (χ1n) is 7.64. The van der Waals surface area contributed by atoms with E-state index >= 15 is 0 Å². The Balaban J connectivity index is 1.52. The van der Waals surface area contributed by atoms with E-state index in [0.29, 0.717) is 11.5 Å². The zero-order chi connectivity index (χ0) is 18.6. The van der Waals surface area contributed by atoms with Crippen molar-refractivity contribution < 1.29 is 32.2 Å². The van der Waals surface area contributed by atoms with Crippen LogP contribution in [0.15, 0.2) is 42.5 Å². The molecule has 1 aliphatic heterocycles. The number of para-hydroxylation sites is 1. The highest BCUT2D eigenvalue weighted by molar-refractivity contribution is 5.74. The Kier molecular flexibility index (Phi) is 5.06. The molecule has 3 rings (SSSR count). The van der Waals surface area contributed by atoms with Crippen molar-refractivity contribution >= 4 is 6.03 Å². The number of fused-ring (bicyclic) bond motifs is 1. The van der Waals surface area contributed by atoms with Gasteiger partial charge in [0.1, 0.15) is 5.75 Å². The Hall–Kier alpha value is -3.10.